The van der Waals surface area contributed by atoms with Crippen LogP contribution in [0.2, 0.25) is 0 Å². The first kappa shape index (κ1) is 19.4. The Balaban J connectivity index is 1.78. The average Bonchev–Trinajstić information content (AvgIpc) is 3.38. The number of ether oxygens (including phenoxy) is 4. The maximum atomic E-state index is 5.48. The van der Waals surface area contributed by atoms with Crippen molar-refractivity contribution in [2.24, 2.45) is 9.98 Å². The van der Waals surface area contributed by atoms with E-state index in [1.54, 1.807) is 33.1 Å². The molecule has 0 unspecified atom stereocenters. The molecule has 2 heterocycles. The first-order valence-electron chi connectivity index (χ1n) is 9.16. The highest BCUT2D eigenvalue weighted by Gasteiger charge is 2.27. The molecule has 0 N–H and O–H groups in total. The first-order valence-corrected chi connectivity index (χ1v) is 9.16. The fourth-order valence-electron chi connectivity index (χ4n) is 3.26. The molecule has 0 aliphatic carbocycles. The Kier molecular flexibility index (Phi) is 5.34. The van der Waals surface area contributed by atoms with Crippen molar-refractivity contribution in [3.8, 4) is 23.0 Å². The number of benzene rings is 2. The van der Waals surface area contributed by atoms with Crippen molar-refractivity contribution in [2.75, 3.05) is 28.4 Å². The topological polar surface area (TPSA) is 92.3 Å². The van der Waals surface area contributed by atoms with Crippen LogP contribution >= 0.6 is 0 Å². The number of nitrogens with zero attached hydrogens (tertiary/aromatic N) is 5. The van der Waals surface area contributed by atoms with Crippen molar-refractivity contribution in [3.63, 3.8) is 0 Å². The van der Waals surface area contributed by atoms with E-state index >= 15 is 0 Å². The van der Waals surface area contributed by atoms with E-state index < -0.39 is 0 Å². The second-order valence-corrected chi connectivity index (χ2v) is 6.30. The third kappa shape index (κ3) is 3.34. The zero-order chi connectivity index (χ0) is 21.1. The summed E-state index contributed by atoms with van der Waals surface area (Å²) in [6.07, 6.45) is 1.45. The Morgan fingerprint density at radius 2 is 1.60 bits per heavy atom. The Morgan fingerprint density at radius 1 is 0.900 bits per heavy atom. The normalized spacial score (nSPS) is 13.7. The number of para-hydroxylation sites is 1. The zero-order valence-electron chi connectivity index (χ0n) is 17.1. The molecule has 1 aliphatic heterocycles. The van der Waals surface area contributed by atoms with Gasteiger partial charge in [-0.1, -0.05) is 18.2 Å². The van der Waals surface area contributed by atoms with Gasteiger partial charge in [0.05, 0.1) is 35.0 Å². The SMILES string of the molecule is COc1ccccc1CN=C1C(c2cc(OC)c(OC)c(OC)c2)=Nc2ncnn21. The molecule has 0 amide bonds. The van der Waals surface area contributed by atoms with Crippen molar-refractivity contribution >= 4 is 17.5 Å². The highest BCUT2D eigenvalue weighted by molar-refractivity contribution is 6.50. The van der Waals surface area contributed by atoms with Gasteiger partial charge in [-0.15, -0.1) is 0 Å². The minimum atomic E-state index is 0.391. The fraction of sp³-hybridized carbons (Fsp3) is 0.238. The van der Waals surface area contributed by atoms with E-state index in [9.17, 15) is 0 Å². The van der Waals surface area contributed by atoms with Gasteiger partial charge in [0.25, 0.3) is 5.95 Å². The Labute approximate surface area is 173 Å². The molecule has 1 aliphatic rings. The number of rotatable bonds is 7. The predicted octanol–water partition coefficient (Wildman–Crippen LogP) is 2.89. The molecule has 0 bridgehead atoms. The summed E-state index contributed by atoms with van der Waals surface area (Å²) in [5, 5.41) is 4.27. The number of fused-ring (bicyclic) bond motifs is 1. The zero-order valence-corrected chi connectivity index (χ0v) is 17.1. The summed E-state index contributed by atoms with van der Waals surface area (Å²) in [4.78, 5) is 13.6. The monoisotopic (exact) mass is 407 g/mol. The first-order chi connectivity index (χ1) is 14.7. The van der Waals surface area contributed by atoms with E-state index in [0.717, 1.165) is 16.9 Å². The van der Waals surface area contributed by atoms with Gasteiger partial charge < -0.3 is 18.9 Å². The molecule has 0 radical (unpaired) electrons. The number of hydrogen-bond acceptors (Lipinski definition) is 8. The number of methoxy groups -OCH3 is 4. The van der Waals surface area contributed by atoms with Gasteiger partial charge in [-0.05, 0) is 18.2 Å². The predicted molar refractivity (Wildman–Crippen MR) is 112 cm³/mol. The van der Waals surface area contributed by atoms with Gasteiger partial charge in [0.2, 0.25) is 5.75 Å². The molecule has 0 saturated heterocycles. The third-order valence-electron chi connectivity index (χ3n) is 4.68. The standard InChI is InChI=1S/C21H21N5O4/c1-27-15-8-6-5-7-13(15)11-22-20-18(25-21-23-12-24-26(20)21)14-9-16(28-2)19(30-4)17(10-14)29-3/h5-10,12H,11H2,1-4H3. The molecule has 154 valence electrons. The summed E-state index contributed by atoms with van der Waals surface area (Å²) >= 11 is 0. The van der Waals surface area contributed by atoms with Crippen LogP contribution in [0.5, 0.6) is 23.0 Å². The smallest absolute Gasteiger partial charge is 0.254 e. The molecular formula is C21H21N5O4. The van der Waals surface area contributed by atoms with E-state index in [-0.39, 0.29) is 0 Å². The molecule has 30 heavy (non-hydrogen) atoms. The van der Waals surface area contributed by atoms with Crippen molar-refractivity contribution in [3.05, 3.63) is 53.9 Å². The lowest BCUT2D eigenvalue weighted by molar-refractivity contribution is 0.324. The van der Waals surface area contributed by atoms with Crippen molar-refractivity contribution < 1.29 is 18.9 Å². The van der Waals surface area contributed by atoms with Gasteiger partial charge in [-0.3, -0.25) is 4.99 Å². The van der Waals surface area contributed by atoms with Crippen LogP contribution in [0.4, 0.5) is 5.95 Å². The summed E-state index contributed by atoms with van der Waals surface area (Å²) in [6.45, 7) is 0.391. The number of aromatic nitrogens is 3. The van der Waals surface area contributed by atoms with Gasteiger partial charge in [0.15, 0.2) is 17.3 Å². The van der Waals surface area contributed by atoms with Crippen molar-refractivity contribution in [1.29, 1.82) is 0 Å². The third-order valence-corrected chi connectivity index (χ3v) is 4.68. The molecule has 0 spiro atoms. The summed E-state index contributed by atoms with van der Waals surface area (Å²) in [6, 6.07) is 11.4. The van der Waals surface area contributed by atoms with Crippen LogP contribution in [-0.4, -0.2) is 54.8 Å². The van der Waals surface area contributed by atoms with Gasteiger partial charge >= 0.3 is 0 Å². The lowest BCUT2D eigenvalue weighted by atomic mass is 10.1. The van der Waals surface area contributed by atoms with E-state index in [0.29, 0.717) is 41.3 Å². The van der Waals surface area contributed by atoms with Crippen LogP contribution in [0.25, 0.3) is 0 Å². The van der Waals surface area contributed by atoms with Crippen LogP contribution in [0.1, 0.15) is 11.1 Å². The van der Waals surface area contributed by atoms with Gasteiger partial charge in [-0.2, -0.15) is 14.8 Å². The van der Waals surface area contributed by atoms with Crippen LogP contribution in [-0.2, 0) is 6.54 Å². The van der Waals surface area contributed by atoms with Crippen LogP contribution < -0.4 is 18.9 Å². The van der Waals surface area contributed by atoms with Crippen LogP contribution in [0, 0.1) is 0 Å². The maximum absolute atomic E-state index is 5.48. The van der Waals surface area contributed by atoms with E-state index in [2.05, 4.69) is 15.1 Å². The lowest BCUT2D eigenvalue weighted by Crippen LogP contribution is -2.20. The summed E-state index contributed by atoms with van der Waals surface area (Å²) in [5.74, 6) is 3.35. The van der Waals surface area contributed by atoms with Crippen LogP contribution in [0.15, 0.2) is 52.7 Å². The molecule has 2 aromatic carbocycles. The van der Waals surface area contributed by atoms with Gasteiger partial charge in [0, 0.05) is 11.1 Å². The Bertz CT molecular complexity index is 1110. The van der Waals surface area contributed by atoms with E-state index in [1.165, 1.54) is 6.33 Å². The van der Waals surface area contributed by atoms with Crippen LogP contribution in [0.3, 0.4) is 0 Å². The van der Waals surface area contributed by atoms with E-state index in [4.69, 9.17) is 23.9 Å². The minimum Gasteiger partial charge on any atom is -0.496 e. The second kappa shape index (κ2) is 8.24. The molecule has 9 nitrogen and oxygen atoms in total. The average molecular weight is 407 g/mol. The molecule has 1 aromatic heterocycles. The molecule has 3 aromatic rings. The molecule has 0 saturated carbocycles. The Morgan fingerprint density at radius 3 is 2.27 bits per heavy atom. The molecule has 0 atom stereocenters. The van der Waals surface area contributed by atoms with E-state index in [1.807, 2.05) is 36.4 Å². The molecule has 4 rings (SSSR count). The second-order valence-electron chi connectivity index (χ2n) is 6.30. The summed E-state index contributed by atoms with van der Waals surface area (Å²) < 4.78 is 23.4. The number of hydrogen-bond donors (Lipinski definition) is 0. The Hall–Kier alpha value is -3.88. The van der Waals surface area contributed by atoms with Crippen molar-refractivity contribution in [2.45, 2.75) is 6.54 Å². The summed E-state index contributed by atoms with van der Waals surface area (Å²) in [7, 11) is 6.34. The fourth-order valence-corrected chi connectivity index (χ4v) is 3.26. The van der Waals surface area contributed by atoms with Crippen molar-refractivity contribution in [1.82, 2.24) is 14.8 Å². The van der Waals surface area contributed by atoms with Gasteiger partial charge in [0.1, 0.15) is 17.8 Å². The quantitative estimate of drug-likeness (QED) is 0.598. The van der Waals surface area contributed by atoms with Gasteiger partial charge in [-0.25, -0.2) is 4.99 Å². The number of aliphatic imine (C=N–C) groups is 2. The molecule has 0 fully saturated rings. The molecular weight excluding hydrogens is 386 g/mol. The summed E-state index contributed by atoms with van der Waals surface area (Å²) in [5.41, 5.74) is 2.31. The highest BCUT2D eigenvalue weighted by atomic mass is 16.5. The molecule has 9 heteroatoms. The highest BCUT2D eigenvalue weighted by Crippen LogP contribution is 2.39. The minimum absolute atomic E-state index is 0.391. The lowest BCUT2D eigenvalue weighted by Gasteiger charge is -2.14. The largest absolute Gasteiger partial charge is 0.496 e. The maximum Gasteiger partial charge on any atom is 0.254 e.